The van der Waals surface area contributed by atoms with Crippen LogP contribution in [0.3, 0.4) is 0 Å². The average molecular weight is 331 g/mol. The van der Waals surface area contributed by atoms with Gasteiger partial charge in [0.05, 0.1) is 5.52 Å². The second kappa shape index (κ2) is 4.00. The molecule has 2 aromatic heterocycles. The predicted molar refractivity (Wildman–Crippen MR) is 104 cm³/mol. The van der Waals surface area contributed by atoms with Crippen molar-refractivity contribution in [1.82, 2.24) is 4.40 Å². The second-order valence-electron chi connectivity index (χ2n) is 9.80. The van der Waals surface area contributed by atoms with Crippen molar-refractivity contribution in [2.24, 2.45) is 0 Å². The Morgan fingerprint density at radius 3 is 2.36 bits per heavy atom. The number of aromatic nitrogens is 1. The molecular weight excluding hydrogens is 306 g/mol. The van der Waals surface area contributed by atoms with Crippen molar-refractivity contribution < 1.29 is 0 Å². The van der Waals surface area contributed by atoms with Crippen LogP contribution in [0, 0.1) is 0 Å². The first-order chi connectivity index (χ1) is 11.6. The smallest absolute Gasteiger partial charge is 0.190 e. The number of pyridine rings is 2. The van der Waals surface area contributed by atoms with Crippen LogP contribution in [0.4, 0.5) is 0 Å². The van der Waals surface area contributed by atoms with Gasteiger partial charge in [-0.3, -0.25) is 4.79 Å². The summed E-state index contributed by atoms with van der Waals surface area (Å²) >= 11 is 0. The molecule has 0 fully saturated rings. The molecular formula is C23H25NO. The second-order valence-corrected chi connectivity index (χ2v) is 9.80. The van der Waals surface area contributed by atoms with Crippen LogP contribution in [0.5, 0.6) is 0 Å². The molecule has 2 nitrogen and oxygen atoms in total. The van der Waals surface area contributed by atoms with Crippen molar-refractivity contribution >= 4 is 16.3 Å². The number of hydrogen-bond acceptors (Lipinski definition) is 1. The lowest BCUT2D eigenvalue weighted by Gasteiger charge is -2.24. The molecule has 0 saturated carbocycles. The normalized spacial score (nSPS) is 21.4. The standard InChI is InChI=1S/C23H25NO/c1-21(2)12-22(3,4)20-17(21)19(25)16-18-15-13(10-11-24(18)20)8-7-9-14(15)23(16,5)6/h7-11H,12H2,1-6H3. The average Bonchev–Trinajstić information content (AvgIpc) is 2.86. The molecule has 0 N–H and O–H groups in total. The number of nitrogens with zero attached hydrogens (tertiary/aromatic N) is 1. The van der Waals surface area contributed by atoms with Gasteiger partial charge in [-0.1, -0.05) is 59.7 Å². The van der Waals surface area contributed by atoms with Crippen LogP contribution in [0.25, 0.3) is 16.3 Å². The van der Waals surface area contributed by atoms with Crippen LogP contribution in [-0.2, 0) is 16.2 Å². The van der Waals surface area contributed by atoms with Crippen molar-refractivity contribution in [2.45, 2.75) is 64.2 Å². The summed E-state index contributed by atoms with van der Waals surface area (Å²) in [5.41, 5.74) is 5.61. The molecule has 0 radical (unpaired) electrons. The number of hydrogen-bond donors (Lipinski definition) is 0. The maximum Gasteiger partial charge on any atom is 0.190 e. The molecule has 1 aromatic carbocycles. The van der Waals surface area contributed by atoms with E-state index in [1.54, 1.807) is 0 Å². The first-order valence-corrected chi connectivity index (χ1v) is 9.23. The highest BCUT2D eigenvalue weighted by Crippen LogP contribution is 2.52. The van der Waals surface area contributed by atoms with E-state index >= 15 is 0 Å². The lowest BCUT2D eigenvalue weighted by atomic mass is 9.79. The molecule has 0 atom stereocenters. The minimum atomic E-state index is -0.247. The van der Waals surface area contributed by atoms with Gasteiger partial charge >= 0.3 is 0 Å². The Hall–Kier alpha value is -2.09. The van der Waals surface area contributed by atoms with Gasteiger partial charge in [-0.05, 0) is 28.9 Å². The van der Waals surface area contributed by atoms with Crippen LogP contribution < -0.4 is 5.43 Å². The lowest BCUT2D eigenvalue weighted by molar-refractivity contribution is 0.397. The van der Waals surface area contributed by atoms with Crippen molar-refractivity contribution in [2.75, 3.05) is 0 Å². The molecule has 0 saturated heterocycles. The Bertz CT molecular complexity index is 1160. The molecule has 0 aliphatic heterocycles. The highest BCUT2D eigenvalue weighted by atomic mass is 16.1. The first-order valence-electron chi connectivity index (χ1n) is 9.23. The lowest BCUT2D eigenvalue weighted by Crippen LogP contribution is -2.31. The summed E-state index contributed by atoms with van der Waals surface area (Å²) in [4.78, 5) is 13.8. The fourth-order valence-corrected chi connectivity index (χ4v) is 6.02. The van der Waals surface area contributed by atoms with Gasteiger partial charge in [0, 0.05) is 39.2 Å². The Kier molecular flexibility index (Phi) is 2.43. The van der Waals surface area contributed by atoms with Crippen LogP contribution >= 0.6 is 0 Å². The van der Waals surface area contributed by atoms with Crippen molar-refractivity contribution in [1.29, 1.82) is 0 Å². The van der Waals surface area contributed by atoms with E-state index in [1.165, 1.54) is 22.0 Å². The van der Waals surface area contributed by atoms with Gasteiger partial charge in [0.2, 0.25) is 0 Å². The van der Waals surface area contributed by atoms with Gasteiger partial charge in [0.1, 0.15) is 0 Å². The third kappa shape index (κ3) is 1.55. The summed E-state index contributed by atoms with van der Waals surface area (Å²) in [6, 6.07) is 8.69. The Labute approximate surface area is 148 Å². The van der Waals surface area contributed by atoms with E-state index in [2.05, 4.69) is 76.4 Å². The van der Waals surface area contributed by atoms with Crippen LogP contribution in [-0.4, -0.2) is 4.40 Å². The Balaban J connectivity index is 2.15. The number of fused-ring (bicyclic) bond motifs is 2. The third-order valence-corrected chi connectivity index (χ3v) is 6.65. The molecule has 2 aliphatic rings. The number of rotatable bonds is 0. The predicted octanol–water partition coefficient (Wildman–Crippen LogP) is 5.05. The quantitative estimate of drug-likeness (QED) is 0.528. The third-order valence-electron chi connectivity index (χ3n) is 6.65. The van der Waals surface area contributed by atoms with Crippen LogP contribution in [0.1, 0.15) is 70.3 Å². The summed E-state index contributed by atoms with van der Waals surface area (Å²) in [6.07, 6.45) is 3.20. The maximum atomic E-state index is 13.8. The summed E-state index contributed by atoms with van der Waals surface area (Å²) in [6.45, 7) is 13.4. The van der Waals surface area contributed by atoms with E-state index in [9.17, 15) is 4.79 Å². The highest BCUT2D eigenvalue weighted by Gasteiger charge is 2.48. The van der Waals surface area contributed by atoms with E-state index in [0.717, 1.165) is 23.1 Å². The fourth-order valence-electron chi connectivity index (χ4n) is 6.02. The maximum absolute atomic E-state index is 13.8. The molecule has 25 heavy (non-hydrogen) atoms. The zero-order valence-electron chi connectivity index (χ0n) is 15.9. The molecule has 0 bridgehead atoms. The van der Waals surface area contributed by atoms with Gasteiger partial charge in [-0.15, -0.1) is 0 Å². The van der Waals surface area contributed by atoms with E-state index in [1.807, 2.05) is 0 Å². The van der Waals surface area contributed by atoms with Gasteiger partial charge < -0.3 is 4.40 Å². The van der Waals surface area contributed by atoms with Gasteiger partial charge in [-0.25, -0.2) is 0 Å². The van der Waals surface area contributed by atoms with E-state index < -0.39 is 0 Å². The number of benzene rings is 1. The molecule has 2 heterocycles. The van der Waals surface area contributed by atoms with Crippen LogP contribution in [0.15, 0.2) is 35.3 Å². The first kappa shape index (κ1) is 15.2. The molecule has 128 valence electrons. The Morgan fingerprint density at radius 1 is 0.920 bits per heavy atom. The molecule has 3 aromatic rings. The molecule has 2 heteroatoms. The van der Waals surface area contributed by atoms with Gasteiger partial charge in [0.25, 0.3) is 0 Å². The van der Waals surface area contributed by atoms with Crippen molar-refractivity contribution in [3.05, 3.63) is 63.1 Å². The SMILES string of the molecule is CC1(C)CC(C)(C)c2c1c(=O)c1c3c4c(cccc4ccn23)C1(C)C. The van der Waals surface area contributed by atoms with Crippen molar-refractivity contribution in [3.8, 4) is 0 Å². The minimum absolute atomic E-state index is 0.00343. The van der Waals surface area contributed by atoms with E-state index in [-0.39, 0.29) is 21.7 Å². The summed E-state index contributed by atoms with van der Waals surface area (Å²) in [5, 5.41) is 2.50. The van der Waals surface area contributed by atoms with Crippen LogP contribution in [0.2, 0.25) is 0 Å². The minimum Gasteiger partial charge on any atom is -0.319 e. The topological polar surface area (TPSA) is 21.5 Å². The fraction of sp³-hybridized carbons (Fsp3) is 0.435. The Morgan fingerprint density at radius 2 is 1.64 bits per heavy atom. The summed E-state index contributed by atoms with van der Waals surface area (Å²) in [5.74, 6) is 0. The molecule has 5 rings (SSSR count). The molecule has 0 unspecified atom stereocenters. The van der Waals surface area contributed by atoms with E-state index in [0.29, 0.717) is 0 Å². The van der Waals surface area contributed by atoms with Crippen molar-refractivity contribution in [3.63, 3.8) is 0 Å². The molecule has 0 amide bonds. The van der Waals surface area contributed by atoms with E-state index in [4.69, 9.17) is 0 Å². The molecule has 2 aliphatic carbocycles. The van der Waals surface area contributed by atoms with Gasteiger partial charge in [0.15, 0.2) is 5.43 Å². The zero-order valence-corrected chi connectivity index (χ0v) is 15.9. The monoisotopic (exact) mass is 331 g/mol. The summed E-state index contributed by atoms with van der Waals surface area (Å²) < 4.78 is 2.35. The summed E-state index contributed by atoms with van der Waals surface area (Å²) in [7, 11) is 0. The highest BCUT2D eigenvalue weighted by molar-refractivity contribution is 6.05. The zero-order chi connectivity index (χ0) is 17.9. The van der Waals surface area contributed by atoms with Gasteiger partial charge in [-0.2, -0.15) is 0 Å². The molecule has 0 spiro atoms. The largest absolute Gasteiger partial charge is 0.319 e.